The number of nitrogens with one attached hydrogen (secondary N) is 1. The number of carbonyl (C=O) groups excluding carboxylic acids is 2. The van der Waals surface area contributed by atoms with E-state index < -0.39 is 15.8 Å². The third-order valence-corrected chi connectivity index (χ3v) is 6.56. The van der Waals surface area contributed by atoms with Gasteiger partial charge in [0.15, 0.2) is 9.84 Å². The monoisotopic (exact) mass is 350 g/mol. The van der Waals surface area contributed by atoms with E-state index >= 15 is 0 Å². The third-order valence-electron chi connectivity index (χ3n) is 4.81. The number of aryl methyl sites for hydroxylation is 1. The van der Waals surface area contributed by atoms with E-state index in [1.165, 1.54) is 5.56 Å². The van der Waals surface area contributed by atoms with Crippen LogP contribution in [0.25, 0.3) is 0 Å². The van der Waals surface area contributed by atoms with Gasteiger partial charge >= 0.3 is 0 Å². The predicted molar refractivity (Wildman–Crippen MR) is 91.3 cm³/mol. The summed E-state index contributed by atoms with van der Waals surface area (Å²) in [5.74, 6) is -0.589. The zero-order valence-corrected chi connectivity index (χ0v) is 14.5. The molecule has 3 rings (SSSR count). The maximum atomic E-state index is 12.4. The summed E-state index contributed by atoms with van der Waals surface area (Å²) < 4.78 is 23.2. The molecule has 6 nitrogen and oxygen atoms in total. The average molecular weight is 350 g/mol. The summed E-state index contributed by atoms with van der Waals surface area (Å²) in [4.78, 5) is 26.1. The van der Waals surface area contributed by atoms with Crippen LogP contribution in [-0.2, 0) is 25.8 Å². The van der Waals surface area contributed by atoms with Gasteiger partial charge in [0.2, 0.25) is 11.8 Å². The molecule has 130 valence electrons. The van der Waals surface area contributed by atoms with Crippen LogP contribution in [0.4, 0.5) is 5.69 Å². The van der Waals surface area contributed by atoms with Gasteiger partial charge in [0.1, 0.15) is 0 Å². The molecule has 0 saturated carbocycles. The number of anilines is 1. The number of hydrogen-bond donors (Lipinski definition) is 1. The Kier molecular flexibility index (Phi) is 4.62. The molecular weight excluding hydrogens is 328 g/mol. The summed E-state index contributed by atoms with van der Waals surface area (Å²) in [7, 11) is -3.04. The van der Waals surface area contributed by atoms with Gasteiger partial charge in [-0.15, -0.1) is 0 Å². The summed E-state index contributed by atoms with van der Waals surface area (Å²) >= 11 is 0. The molecule has 2 saturated heterocycles. The van der Waals surface area contributed by atoms with Gasteiger partial charge < -0.3 is 10.2 Å². The fourth-order valence-corrected chi connectivity index (χ4v) is 5.08. The van der Waals surface area contributed by atoms with E-state index in [2.05, 4.69) is 12.2 Å². The smallest absolute Gasteiger partial charge is 0.229 e. The first-order valence-electron chi connectivity index (χ1n) is 8.27. The van der Waals surface area contributed by atoms with E-state index in [1.807, 2.05) is 24.3 Å². The number of sulfone groups is 1. The summed E-state index contributed by atoms with van der Waals surface area (Å²) in [5, 5.41) is 2.85. The summed E-state index contributed by atoms with van der Waals surface area (Å²) in [6.07, 6.45) is 1.56. The van der Waals surface area contributed by atoms with Crippen LogP contribution in [0.1, 0.15) is 25.3 Å². The third kappa shape index (κ3) is 3.61. The number of nitrogens with zero attached hydrogens (tertiary/aromatic N) is 1. The highest BCUT2D eigenvalue weighted by atomic mass is 32.2. The van der Waals surface area contributed by atoms with Crippen molar-refractivity contribution in [2.45, 2.75) is 32.2 Å². The van der Waals surface area contributed by atoms with Gasteiger partial charge in [-0.05, 0) is 30.5 Å². The molecule has 1 aromatic carbocycles. The van der Waals surface area contributed by atoms with Crippen LogP contribution in [-0.4, -0.2) is 49.2 Å². The highest BCUT2D eigenvalue weighted by Gasteiger charge is 2.41. The van der Waals surface area contributed by atoms with E-state index in [0.717, 1.165) is 6.42 Å². The number of rotatable bonds is 4. The lowest BCUT2D eigenvalue weighted by Gasteiger charge is -2.22. The second-order valence-corrected chi connectivity index (χ2v) is 8.77. The number of amides is 2. The molecule has 0 radical (unpaired) electrons. The van der Waals surface area contributed by atoms with Crippen LogP contribution >= 0.6 is 0 Å². The van der Waals surface area contributed by atoms with Crippen molar-refractivity contribution < 1.29 is 18.0 Å². The molecule has 2 amide bonds. The van der Waals surface area contributed by atoms with E-state index in [9.17, 15) is 18.0 Å². The Labute approximate surface area is 142 Å². The average Bonchev–Trinajstić information content (AvgIpc) is 3.10. The van der Waals surface area contributed by atoms with Gasteiger partial charge in [0.05, 0.1) is 17.4 Å². The van der Waals surface area contributed by atoms with Crippen molar-refractivity contribution in [1.29, 1.82) is 0 Å². The van der Waals surface area contributed by atoms with Gasteiger partial charge in [-0.1, -0.05) is 19.1 Å². The maximum absolute atomic E-state index is 12.4. The second kappa shape index (κ2) is 6.55. The van der Waals surface area contributed by atoms with Crippen molar-refractivity contribution in [3.63, 3.8) is 0 Å². The fourth-order valence-electron chi connectivity index (χ4n) is 3.35. The summed E-state index contributed by atoms with van der Waals surface area (Å²) in [6, 6.07) is 7.36. The minimum atomic E-state index is -3.04. The van der Waals surface area contributed by atoms with Crippen LogP contribution in [0.3, 0.4) is 0 Å². The van der Waals surface area contributed by atoms with Crippen molar-refractivity contribution in [3.8, 4) is 0 Å². The van der Waals surface area contributed by atoms with Gasteiger partial charge in [-0.2, -0.15) is 0 Å². The molecular formula is C17H22N2O4S. The van der Waals surface area contributed by atoms with Crippen LogP contribution < -0.4 is 5.32 Å². The Morgan fingerprint density at radius 2 is 2.00 bits per heavy atom. The van der Waals surface area contributed by atoms with E-state index in [1.54, 1.807) is 4.90 Å². The Morgan fingerprint density at radius 1 is 1.29 bits per heavy atom. The molecule has 0 bridgehead atoms. The minimum absolute atomic E-state index is 0.0194. The largest absolute Gasteiger partial charge is 0.338 e. The summed E-state index contributed by atoms with van der Waals surface area (Å²) in [6.45, 7) is 2.37. The number of carbonyl (C=O) groups is 2. The molecule has 1 N–H and O–H groups in total. The number of likely N-dealkylation sites (tertiary alicyclic amines) is 1. The molecule has 2 atom stereocenters. The summed E-state index contributed by atoms with van der Waals surface area (Å²) in [5.41, 5.74) is 1.91. The van der Waals surface area contributed by atoms with Crippen molar-refractivity contribution in [2.75, 3.05) is 23.4 Å². The van der Waals surface area contributed by atoms with Crippen molar-refractivity contribution >= 4 is 27.3 Å². The number of hydrogen-bond acceptors (Lipinski definition) is 4. The van der Waals surface area contributed by atoms with Crippen LogP contribution in [0.15, 0.2) is 24.3 Å². The molecule has 7 heteroatoms. The quantitative estimate of drug-likeness (QED) is 0.885. The first-order chi connectivity index (χ1) is 11.4. The molecule has 0 aromatic heterocycles. The first-order valence-corrected chi connectivity index (χ1v) is 10.1. The lowest BCUT2D eigenvalue weighted by Crippen LogP contribution is -2.38. The first kappa shape index (κ1) is 17.0. The molecule has 1 aromatic rings. The van der Waals surface area contributed by atoms with Crippen LogP contribution in [0.2, 0.25) is 0 Å². The lowest BCUT2D eigenvalue weighted by molar-refractivity contribution is -0.129. The van der Waals surface area contributed by atoms with Crippen LogP contribution in [0.5, 0.6) is 0 Å². The highest BCUT2D eigenvalue weighted by molar-refractivity contribution is 7.91. The topological polar surface area (TPSA) is 83.6 Å². The second-order valence-electron chi connectivity index (χ2n) is 6.54. The molecule has 0 aliphatic carbocycles. The minimum Gasteiger partial charge on any atom is -0.338 e. The van der Waals surface area contributed by atoms with Crippen LogP contribution in [0, 0.1) is 5.92 Å². The standard InChI is InChI=1S/C17H22N2O4S/c1-2-12-3-5-14(6-4-12)18-17(21)13-9-16(20)19(10-13)15-7-8-24(22,23)11-15/h3-6,13,15H,2,7-11H2,1H3,(H,18,21). The molecule has 2 aliphatic rings. The number of benzene rings is 1. The zero-order valence-electron chi connectivity index (χ0n) is 13.7. The predicted octanol–water partition coefficient (Wildman–Crippen LogP) is 1.22. The Balaban J connectivity index is 1.61. The Bertz CT molecular complexity index is 742. The Morgan fingerprint density at radius 3 is 2.58 bits per heavy atom. The fraction of sp³-hybridized carbons (Fsp3) is 0.529. The van der Waals surface area contributed by atoms with E-state index in [4.69, 9.17) is 0 Å². The normalized spacial score (nSPS) is 25.9. The highest BCUT2D eigenvalue weighted by Crippen LogP contribution is 2.27. The van der Waals surface area contributed by atoms with Crippen molar-refractivity contribution in [2.24, 2.45) is 5.92 Å². The lowest BCUT2D eigenvalue weighted by atomic mass is 10.1. The van der Waals surface area contributed by atoms with Gasteiger partial charge in [-0.3, -0.25) is 9.59 Å². The van der Waals surface area contributed by atoms with Gasteiger partial charge in [0.25, 0.3) is 0 Å². The SMILES string of the molecule is CCc1ccc(NC(=O)C2CC(=O)N(C3CCS(=O)(=O)C3)C2)cc1. The molecule has 2 fully saturated rings. The van der Waals surface area contributed by atoms with Gasteiger partial charge in [0, 0.05) is 24.7 Å². The van der Waals surface area contributed by atoms with E-state index in [-0.39, 0.29) is 35.8 Å². The van der Waals surface area contributed by atoms with Crippen molar-refractivity contribution in [3.05, 3.63) is 29.8 Å². The van der Waals surface area contributed by atoms with Crippen molar-refractivity contribution in [1.82, 2.24) is 4.90 Å². The Hall–Kier alpha value is -1.89. The molecule has 2 heterocycles. The molecule has 24 heavy (non-hydrogen) atoms. The van der Waals surface area contributed by atoms with Gasteiger partial charge in [-0.25, -0.2) is 8.42 Å². The molecule has 0 spiro atoms. The maximum Gasteiger partial charge on any atom is 0.229 e. The van der Waals surface area contributed by atoms with E-state index in [0.29, 0.717) is 18.7 Å². The zero-order chi connectivity index (χ0) is 17.3. The molecule has 2 aliphatic heterocycles. The molecule has 2 unspecified atom stereocenters.